The van der Waals surface area contributed by atoms with E-state index in [1.54, 1.807) is 36.4 Å². The standard InChI is InChI=1S/C22H22Cl2N2O4/c1-25(2)9-10-26-19(13-5-4-6-15(23)11-13)18(21(28)22(26)29)20(27)14-7-8-17(30-3)16(24)12-14/h4-8,11-12,19,27H,9-10H2,1-3H3/t19-/m0/s1. The van der Waals surface area contributed by atoms with E-state index in [0.717, 1.165) is 0 Å². The largest absolute Gasteiger partial charge is 0.507 e. The van der Waals surface area contributed by atoms with Crippen LogP contribution in [0.3, 0.4) is 0 Å². The summed E-state index contributed by atoms with van der Waals surface area (Å²) in [5.74, 6) is -1.27. The lowest BCUT2D eigenvalue weighted by atomic mass is 9.95. The maximum absolute atomic E-state index is 12.9. The minimum absolute atomic E-state index is 0.00209. The molecule has 3 rings (SSSR count). The highest BCUT2D eigenvalue weighted by Crippen LogP contribution is 2.40. The SMILES string of the molecule is COc1ccc(C(O)=C2C(=O)C(=O)N(CCN(C)C)[C@H]2c2cccc(Cl)c2)cc1Cl. The molecule has 0 spiro atoms. The first-order chi connectivity index (χ1) is 14.2. The Kier molecular flexibility index (Phi) is 6.71. The second kappa shape index (κ2) is 9.08. The highest BCUT2D eigenvalue weighted by molar-refractivity contribution is 6.46. The molecule has 1 aliphatic heterocycles. The Labute approximate surface area is 185 Å². The van der Waals surface area contributed by atoms with Gasteiger partial charge in [0.2, 0.25) is 0 Å². The molecule has 1 N–H and O–H groups in total. The van der Waals surface area contributed by atoms with Crippen LogP contribution >= 0.6 is 23.2 Å². The van der Waals surface area contributed by atoms with E-state index < -0.39 is 17.7 Å². The van der Waals surface area contributed by atoms with Crippen LogP contribution in [-0.4, -0.2) is 60.9 Å². The number of ketones is 1. The Balaban J connectivity index is 2.16. The van der Waals surface area contributed by atoms with Crippen molar-refractivity contribution in [1.29, 1.82) is 0 Å². The number of hydrogen-bond donors (Lipinski definition) is 1. The fourth-order valence-electron chi connectivity index (χ4n) is 3.41. The number of hydrogen-bond acceptors (Lipinski definition) is 5. The molecule has 8 heteroatoms. The number of rotatable bonds is 6. The number of aliphatic hydroxyl groups excluding tert-OH is 1. The van der Waals surface area contributed by atoms with Gasteiger partial charge in [0, 0.05) is 23.7 Å². The fourth-order valence-corrected chi connectivity index (χ4v) is 3.87. The Hall–Kier alpha value is -2.54. The lowest BCUT2D eigenvalue weighted by Gasteiger charge is -2.26. The molecule has 1 aliphatic rings. The van der Waals surface area contributed by atoms with Gasteiger partial charge in [-0.05, 0) is 50.0 Å². The molecule has 30 heavy (non-hydrogen) atoms. The van der Waals surface area contributed by atoms with Crippen LogP contribution in [-0.2, 0) is 9.59 Å². The molecular weight excluding hydrogens is 427 g/mol. The van der Waals surface area contributed by atoms with Crippen molar-refractivity contribution in [2.24, 2.45) is 0 Å². The summed E-state index contributed by atoms with van der Waals surface area (Å²) < 4.78 is 5.14. The first-order valence-corrected chi connectivity index (χ1v) is 10.0. The van der Waals surface area contributed by atoms with Gasteiger partial charge >= 0.3 is 0 Å². The summed E-state index contributed by atoms with van der Waals surface area (Å²) >= 11 is 12.4. The van der Waals surface area contributed by atoms with Crippen molar-refractivity contribution in [3.05, 3.63) is 69.2 Å². The molecule has 0 aromatic heterocycles. The molecule has 0 saturated carbocycles. The topological polar surface area (TPSA) is 70.1 Å². The smallest absolute Gasteiger partial charge is 0.295 e. The molecule has 1 amide bonds. The van der Waals surface area contributed by atoms with Gasteiger partial charge in [-0.15, -0.1) is 0 Å². The molecule has 0 radical (unpaired) electrons. The zero-order chi connectivity index (χ0) is 22.0. The lowest BCUT2D eigenvalue weighted by molar-refractivity contribution is -0.140. The van der Waals surface area contributed by atoms with Crippen LogP contribution in [0.5, 0.6) is 5.75 Å². The fraction of sp³-hybridized carbons (Fsp3) is 0.273. The van der Waals surface area contributed by atoms with Crippen molar-refractivity contribution in [3.8, 4) is 5.75 Å². The number of carbonyl (C=O) groups excluding carboxylic acids is 2. The van der Waals surface area contributed by atoms with Crippen LogP contribution in [0, 0.1) is 0 Å². The van der Waals surface area contributed by atoms with Crippen molar-refractivity contribution >= 4 is 40.7 Å². The van der Waals surface area contributed by atoms with Crippen molar-refractivity contribution in [2.45, 2.75) is 6.04 Å². The summed E-state index contributed by atoms with van der Waals surface area (Å²) in [7, 11) is 5.24. The predicted molar refractivity (Wildman–Crippen MR) is 117 cm³/mol. The third-order valence-corrected chi connectivity index (χ3v) is 5.45. The summed E-state index contributed by atoms with van der Waals surface area (Å²) in [6.45, 7) is 0.868. The van der Waals surface area contributed by atoms with E-state index in [0.29, 0.717) is 35.0 Å². The third-order valence-electron chi connectivity index (χ3n) is 4.92. The van der Waals surface area contributed by atoms with Crippen LogP contribution in [0.25, 0.3) is 5.76 Å². The van der Waals surface area contributed by atoms with Gasteiger partial charge in [0.1, 0.15) is 11.5 Å². The predicted octanol–water partition coefficient (Wildman–Crippen LogP) is 3.99. The van der Waals surface area contributed by atoms with E-state index in [1.165, 1.54) is 18.1 Å². The molecular formula is C22H22Cl2N2O4. The Morgan fingerprint density at radius 2 is 1.90 bits per heavy atom. The number of nitrogens with zero attached hydrogens (tertiary/aromatic N) is 2. The number of halogens is 2. The van der Waals surface area contributed by atoms with Gasteiger partial charge in [-0.2, -0.15) is 0 Å². The number of ether oxygens (including phenoxy) is 1. The van der Waals surface area contributed by atoms with Gasteiger partial charge in [0.25, 0.3) is 11.7 Å². The van der Waals surface area contributed by atoms with Crippen LogP contribution in [0.2, 0.25) is 10.0 Å². The first-order valence-electron chi connectivity index (χ1n) is 9.27. The monoisotopic (exact) mass is 448 g/mol. The Morgan fingerprint density at radius 3 is 2.50 bits per heavy atom. The van der Waals surface area contributed by atoms with Crippen molar-refractivity contribution in [1.82, 2.24) is 9.80 Å². The van der Waals surface area contributed by atoms with Crippen LogP contribution in [0.15, 0.2) is 48.0 Å². The molecule has 0 bridgehead atoms. The van der Waals surface area contributed by atoms with Gasteiger partial charge in [0.15, 0.2) is 0 Å². The van der Waals surface area contributed by atoms with E-state index in [-0.39, 0.29) is 16.4 Å². The Bertz CT molecular complexity index is 1020. The second-order valence-electron chi connectivity index (χ2n) is 7.20. The average Bonchev–Trinajstić information content (AvgIpc) is 2.96. The van der Waals surface area contributed by atoms with Crippen LogP contribution < -0.4 is 4.74 Å². The Morgan fingerprint density at radius 1 is 1.17 bits per heavy atom. The van der Waals surface area contributed by atoms with E-state index in [4.69, 9.17) is 27.9 Å². The first kappa shape index (κ1) is 22.2. The number of benzene rings is 2. The summed E-state index contributed by atoms with van der Waals surface area (Å²) in [6.07, 6.45) is 0. The summed E-state index contributed by atoms with van der Waals surface area (Å²) in [4.78, 5) is 29.1. The lowest BCUT2D eigenvalue weighted by Crippen LogP contribution is -2.35. The highest BCUT2D eigenvalue weighted by Gasteiger charge is 2.46. The molecule has 2 aromatic rings. The number of likely N-dealkylation sites (tertiary alicyclic amines) is 1. The van der Waals surface area contributed by atoms with Gasteiger partial charge in [-0.25, -0.2) is 0 Å². The van der Waals surface area contributed by atoms with E-state index in [9.17, 15) is 14.7 Å². The molecule has 6 nitrogen and oxygen atoms in total. The van der Waals surface area contributed by atoms with E-state index in [2.05, 4.69) is 0 Å². The molecule has 1 heterocycles. The summed E-state index contributed by atoms with van der Waals surface area (Å²) in [5, 5.41) is 11.8. The second-order valence-corrected chi connectivity index (χ2v) is 8.04. The van der Waals surface area contributed by atoms with Gasteiger partial charge < -0.3 is 19.6 Å². The zero-order valence-electron chi connectivity index (χ0n) is 16.9. The van der Waals surface area contributed by atoms with Crippen molar-refractivity contribution in [3.63, 3.8) is 0 Å². The molecule has 158 valence electrons. The van der Waals surface area contributed by atoms with Gasteiger partial charge in [-0.3, -0.25) is 9.59 Å². The van der Waals surface area contributed by atoms with Gasteiger partial charge in [-0.1, -0.05) is 35.3 Å². The van der Waals surface area contributed by atoms with Crippen molar-refractivity contribution < 1.29 is 19.4 Å². The molecule has 2 aromatic carbocycles. The molecule has 0 unspecified atom stereocenters. The van der Waals surface area contributed by atoms with Crippen molar-refractivity contribution in [2.75, 3.05) is 34.3 Å². The van der Waals surface area contributed by atoms with E-state index in [1.807, 2.05) is 19.0 Å². The number of carbonyl (C=O) groups is 2. The molecule has 1 saturated heterocycles. The number of likely N-dealkylation sites (N-methyl/N-ethyl adjacent to an activating group) is 1. The number of Topliss-reactive ketones (excluding diaryl/α,β-unsaturated/α-hetero) is 1. The number of methoxy groups -OCH3 is 1. The van der Waals surface area contributed by atoms with E-state index >= 15 is 0 Å². The minimum Gasteiger partial charge on any atom is -0.507 e. The average molecular weight is 449 g/mol. The minimum atomic E-state index is -0.760. The third kappa shape index (κ3) is 4.31. The van der Waals surface area contributed by atoms with Gasteiger partial charge in [0.05, 0.1) is 23.7 Å². The maximum Gasteiger partial charge on any atom is 0.295 e. The highest BCUT2D eigenvalue weighted by atomic mass is 35.5. The zero-order valence-corrected chi connectivity index (χ0v) is 18.4. The molecule has 1 atom stereocenters. The number of aliphatic hydroxyl groups is 1. The normalized spacial score (nSPS) is 18.3. The number of amides is 1. The summed E-state index contributed by atoms with van der Waals surface area (Å²) in [6, 6.07) is 10.8. The van der Waals surface area contributed by atoms with Crippen LogP contribution in [0.4, 0.5) is 0 Å². The van der Waals surface area contributed by atoms with Crippen LogP contribution in [0.1, 0.15) is 17.2 Å². The maximum atomic E-state index is 12.9. The summed E-state index contributed by atoms with van der Waals surface area (Å²) in [5.41, 5.74) is 0.960. The quantitative estimate of drug-likeness (QED) is 0.411. The molecule has 1 fully saturated rings. The molecule has 0 aliphatic carbocycles.